The lowest BCUT2D eigenvalue weighted by molar-refractivity contribution is 0.0678. The Hall–Kier alpha value is -3.14. The maximum atomic E-state index is 13.2. The van der Waals surface area contributed by atoms with Crippen molar-refractivity contribution in [2.75, 3.05) is 6.54 Å². The number of nitrogens with zero attached hydrogens (tertiary/aromatic N) is 4. The van der Waals surface area contributed by atoms with Gasteiger partial charge in [0, 0.05) is 12.6 Å². The molecule has 2 heterocycles. The molecule has 1 N–H and O–H groups in total. The highest BCUT2D eigenvalue weighted by Gasteiger charge is 2.35. The van der Waals surface area contributed by atoms with Crippen molar-refractivity contribution in [1.82, 2.24) is 19.5 Å². The summed E-state index contributed by atoms with van der Waals surface area (Å²) in [5.74, 6) is 0.292. The van der Waals surface area contributed by atoms with E-state index in [0.717, 1.165) is 12.8 Å². The summed E-state index contributed by atoms with van der Waals surface area (Å²) in [5.41, 5.74) is 1.16. The van der Waals surface area contributed by atoms with Crippen molar-refractivity contribution in [1.29, 1.82) is 5.26 Å². The molecule has 0 aliphatic heterocycles. The summed E-state index contributed by atoms with van der Waals surface area (Å²) in [6.45, 7) is 2.40. The van der Waals surface area contributed by atoms with Crippen molar-refractivity contribution < 1.29 is 4.79 Å². The first-order valence-corrected chi connectivity index (χ1v) is 8.78. The van der Waals surface area contributed by atoms with Crippen LogP contribution in [0.5, 0.6) is 0 Å². The van der Waals surface area contributed by atoms with Gasteiger partial charge in [-0.05, 0) is 37.8 Å². The second-order valence-electron chi connectivity index (χ2n) is 6.77. The molecule has 2 aromatic heterocycles. The molecule has 4 rings (SSSR count). The monoisotopic (exact) mass is 349 g/mol. The lowest BCUT2D eigenvalue weighted by atomic mass is 10.1. The predicted molar refractivity (Wildman–Crippen MR) is 96.8 cm³/mol. The predicted octanol–water partition coefficient (Wildman–Crippen LogP) is 2.33. The molecule has 0 radical (unpaired) electrons. The minimum Gasteiger partial charge on any atom is -0.334 e. The molecule has 1 aliphatic rings. The van der Waals surface area contributed by atoms with E-state index in [4.69, 9.17) is 5.26 Å². The van der Waals surface area contributed by atoms with Crippen LogP contribution in [0, 0.1) is 17.2 Å². The number of nitriles is 1. The highest BCUT2D eigenvalue weighted by molar-refractivity contribution is 6.00. The fraction of sp³-hybridized carbons (Fsp3) is 0.368. The number of aromatic amines is 1. The maximum Gasteiger partial charge on any atom is 0.259 e. The number of rotatable bonds is 5. The Balaban J connectivity index is 1.81. The molecule has 0 saturated heterocycles. The number of fused-ring (bicyclic) bond motifs is 3. The number of nitrogens with one attached hydrogen (secondary N) is 1. The zero-order valence-electron chi connectivity index (χ0n) is 14.5. The van der Waals surface area contributed by atoms with Crippen molar-refractivity contribution in [2.45, 2.75) is 32.2 Å². The van der Waals surface area contributed by atoms with E-state index in [1.54, 1.807) is 27.6 Å². The molecule has 1 aliphatic carbocycles. The molecule has 1 saturated carbocycles. The van der Waals surface area contributed by atoms with E-state index in [9.17, 15) is 9.59 Å². The zero-order valence-corrected chi connectivity index (χ0v) is 14.5. The molecular formula is C19H19N5O2. The molecule has 0 bridgehead atoms. The molecule has 0 unspecified atom stereocenters. The summed E-state index contributed by atoms with van der Waals surface area (Å²) < 4.78 is 1.59. The first kappa shape index (κ1) is 16.3. The quantitative estimate of drug-likeness (QED) is 0.765. The van der Waals surface area contributed by atoms with Gasteiger partial charge < -0.3 is 9.88 Å². The molecular weight excluding hydrogens is 330 g/mol. The van der Waals surface area contributed by atoms with Gasteiger partial charge in [0.1, 0.15) is 11.2 Å². The molecule has 1 amide bonds. The van der Waals surface area contributed by atoms with Gasteiger partial charge in [0.15, 0.2) is 0 Å². The molecule has 1 aromatic carbocycles. The van der Waals surface area contributed by atoms with Crippen LogP contribution in [-0.2, 0) is 0 Å². The molecule has 0 spiro atoms. The zero-order chi connectivity index (χ0) is 18.3. The third kappa shape index (κ3) is 2.64. The van der Waals surface area contributed by atoms with E-state index in [0.29, 0.717) is 34.6 Å². The highest BCUT2D eigenvalue weighted by atomic mass is 16.2. The number of para-hydroxylation sites is 1. The van der Waals surface area contributed by atoms with Gasteiger partial charge in [0.05, 0.1) is 29.6 Å². The molecule has 1 atom stereocenters. The summed E-state index contributed by atoms with van der Waals surface area (Å²) in [6, 6.07) is 9.33. The van der Waals surface area contributed by atoms with E-state index < -0.39 is 0 Å². The molecule has 7 nitrogen and oxygen atoms in total. The summed E-state index contributed by atoms with van der Waals surface area (Å²) in [4.78, 5) is 30.1. The molecule has 7 heteroatoms. The van der Waals surface area contributed by atoms with Gasteiger partial charge in [0.2, 0.25) is 0 Å². The first-order valence-electron chi connectivity index (χ1n) is 8.78. The summed E-state index contributed by atoms with van der Waals surface area (Å²) in [6.07, 6.45) is 3.99. The van der Waals surface area contributed by atoms with E-state index in [2.05, 4.69) is 16.2 Å². The van der Waals surface area contributed by atoms with Crippen LogP contribution in [0.2, 0.25) is 0 Å². The second-order valence-corrected chi connectivity index (χ2v) is 6.77. The average molecular weight is 349 g/mol. The smallest absolute Gasteiger partial charge is 0.259 e. The molecule has 3 aromatic rings. The Bertz CT molecular complexity index is 1090. The van der Waals surface area contributed by atoms with Crippen LogP contribution >= 0.6 is 0 Å². The van der Waals surface area contributed by atoms with Crippen molar-refractivity contribution in [3.63, 3.8) is 0 Å². The first-order chi connectivity index (χ1) is 12.6. The van der Waals surface area contributed by atoms with Crippen molar-refractivity contribution in [2.24, 2.45) is 5.92 Å². The van der Waals surface area contributed by atoms with Crippen LogP contribution in [0.4, 0.5) is 0 Å². The van der Waals surface area contributed by atoms with E-state index in [1.807, 2.05) is 13.0 Å². The second kappa shape index (κ2) is 6.30. The number of carbonyl (C=O) groups excluding carboxylic acids is 1. The van der Waals surface area contributed by atoms with Gasteiger partial charge in [0.25, 0.3) is 11.5 Å². The van der Waals surface area contributed by atoms with Crippen molar-refractivity contribution >= 4 is 22.5 Å². The summed E-state index contributed by atoms with van der Waals surface area (Å²) in [5, 5.41) is 13.8. The molecule has 26 heavy (non-hydrogen) atoms. The van der Waals surface area contributed by atoms with Gasteiger partial charge in [-0.2, -0.15) is 10.4 Å². The van der Waals surface area contributed by atoms with Crippen LogP contribution in [-0.4, -0.2) is 38.0 Å². The fourth-order valence-corrected chi connectivity index (χ4v) is 3.48. The molecule has 132 valence electrons. The number of H-pyrrole nitrogens is 1. The van der Waals surface area contributed by atoms with Crippen LogP contribution in [0.15, 0.2) is 35.3 Å². The minimum atomic E-state index is -0.249. The van der Waals surface area contributed by atoms with Crippen LogP contribution in [0.25, 0.3) is 16.6 Å². The SMILES string of the molecule is C[C@@H](C1CC1)N(CCC#N)C(=O)c1cnn2c1[nH]c(=O)c1ccccc12. The third-order valence-corrected chi connectivity index (χ3v) is 5.13. The number of hydrogen-bond acceptors (Lipinski definition) is 4. The number of carbonyl (C=O) groups is 1. The van der Waals surface area contributed by atoms with Crippen LogP contribution in [0.1, 0.15) is 36.5 Å². The van der Waals surface area contributed by atoms with Gasteiger partial charge in [-0.3, -0.25) is 9.59 Å². The van der Waals surface area contributed by atoms with Gasteiger partial charge >= 0.3 is 0 Å². The molecule has 1 fully saturated rings. The fourth-order valence-electron chi connectivity index (χ4n) is 3.48. The Morgan fingerprint density at radius 3 is 2.96 bits per heavy atom. The number of aromatic nitrogens is 3. The normalized spacial score (nSPS) is 15.1. The van der Waals surface area contributed by atoms with E-state index in [1.165, 1.54) is 6.20 Å². The average Bonchev–Trinajstić information content (AvgIpc) is 3.42. The van der Waals surface area contributed by atoms with Gasteiger partial charge in [-0.15, -0.1) is 0 Å². The number of benzene rings is 1. The lowest BCUT2D eigenvalue weighted by Crippen LogP contribution is -2.40. The topological polar surface area (TPSA) is 94.3 Å². The standard InChI is InChI=1S/C19H19N5O2/c1-12(13-7-8-13)23(10-4-9-20)19(26)15-11-21-24-16-6-3-2-5-14(16)18(25)22-17(15)24/h2-3,5-6,11-13H,4,7-8,10H2,1H3,(H,22,25)/t12-/m0/s1. The van der Waals surface area contributed by atoms with Crippen molar-refractivity contribution in [3.8, 4) is 6.07 Å². The minimum absolute atomic E-state index is 0.0676. The summed E-state index contributed by atoms with van der Waals surface area (Å²) >= 11 is 0. The lowest BCUT2D eigenvalue weighted by Gasteiger charge is -2.28. The third-order valence-electron chi connectivity index (χ3n) is 5.13. The van der Waals surface area contributed by atoms with Crippen LogP contribution in [0.3, 0.4) is 0 Å². The summed E-state index contributed by atoms with van der Waals surface area (Å²) in [7, 11) is 0. The van der Waals surface area contributed by atoms with Crippen LogP contribution < -0.4 is 5.56 Å². The number of amides is 1. The largest absolute Gasteiger partial charge is 0.334 e. The Labute approximate surface area is 149 Å². The Kier molecular flexibility index (Phi) is 3.96. The van der Waals surface area contributed by atoms with Crippen molar-refractivity contribution in [3.05, 3.63) is 46.4 Å². The van der Waals surface area contributed by atoms with E-state index >= 15 is 0 Å². The highest BCUT2D eigenvalue weighted by Crippen LogP contribution is 2.35. The van der Waals surface area contributed by atoms with Gasteiger partial charge in [-0.1, -0.05) is 12.1 Å². The maximum absolute atomic E-state index is 13.2. The van der Waals surface area contributed by atoms with Gasteiger partial charge in [-0.25, -0.2) is 4.52 Å². The van der Waals surface area contributed by atoms with E-state index in [-0.39, 0.29) is 23.9 Å². The number of hydrogen-bond donors (Lipinski definition) is 1. The Morgan fingerprint density at radius 2 is 2.23 bits per heavy atom. The Morgan fingerprint density at radius 1 is 1.46 bits per heavy atom.